The molecule has 0 saturated heterocycles. The largest absolute Gasteiger partial charge is 0.313 e. The van der Waals surface area contributed by atoms with Gasteiger partial charge >= 0.3 is 0 Å². The zero-order valence-corrected chi connectivity index (χ0v) is 11.6. The van der Waals surface area contributed by atoms with Gasteiger partial charge in [0.1, 0.15) is 0 Å². The van der Waals surface area contributed by atoms with Crippen LogP contribution in [0.4, 0.5) is 0 Å². The number of fused-ring (bicyclic) bond motifs is 1. The van der Waals surface area contributed by atoms with E-state index >= 15 is 0 Å². The summed E-state index contributed by atoms with van der Waals surface area (Å²) in [5.41, 5.74) is 3.86. The molecule has 100 valence electrons. The van der Waals surface area contributed by atoms with Crippen molar-refractivity contribution in [3.05, 3.63) is 66.5 Å². The first-order chi connectivity index (χ1) is 9.90. The molecule has 0 aliphatic heterocycles. The monoisotopic (exact) mass is 262 g/mol. The maximum Gasteiger partial charge on any atom is 0.0352 e. The van der Waals surface area contributed by atoms with E-state index in [1.165, 1.54) is 27.5 Å². The van der Waals surface area contributed by atoms with E-state index in [2.05, 4.69) is 65.8 Å². The van der Waals surface area contributed by atoms with Crippen LogP contribution in [0.2, 0.25) is 0 Å². The van der Waals surface area contributed by atoms with Gasteiger partial charge in [-0.3, -0.25) is 4.98 Å². The number of nitrogens with zero attached hydrogens (tertiary/aromatic N) is 1. The van der Waals surface area contributed by atoms with Gasteiger partial charge in [-0.1, -0.05) is 49.4 Å². The molecule has 3 rings (SSSR count). The van der Waals surface area contributed by atoms with Crippen LogP contribution in [0, 0.1) is 0 Å². The van der Waals surface area contributed by atoms with Crippen molar-refractivity contribution in [2.45, 2.75) is 13.5 Å². The Balaban J connectivity index is 2.16. The summed E-state index contributed by atoms with van der Waals surface area (Å²) in [4.78, 5) is 4.28. The SMILES string of the molecule is CCNCc1ccccc1-c1cccc2ccncc12. The second-order valence-corrected chi connectivity index (χ2v) is 4.84. The van der Waals surface area contributed by atoms with E-state index in [1.807, 2.05) is 12.4 Å². The Morgan fingerprint density at radius 3 is 2.70 bits per heavy atom. The van der Waals surface area contributed by atoms with Gasteiger partial charge in [0.25, 0.3) is 0 Å². The Hall–Kier alpha value is -2.19. The molecule has 1 N–H and O–H groups in total. The molecule has 2 nitrogen and oxygen atoms in total. The van der Waals surface area contributed by atoms with Gasteiger partial charge in [-0.25, -0.2) is 0 Å². The van der Waals surface area contributed by atoms with Crippen LogP contribution >= 0.6 is 0 Å². The smallest absolute Gasteiger partial charge is 0.0352 e. The average Bonchev–Trinajstić information content (AvgIpc) is 2.53. The molecule has 1 aromatic heterocycles. The van der Waals surface area contributed by atoms with Gasteiger partial charge in [0.05, 0.1) is 0 Å². The first-order valence-electron chi connectivity index (χ1n) is 7.02. The van der Waals surface area contributed by atoms with E-state index in [-0.39, 0.29) is 0 Å². The summed E-state index contributed by atoms with van der Waals surface area (Å²) in [6, 6.07) is 17.1. The molecule has 2 heteroatoms. The normalized spacial score (nSPS) is 10.8. The Labute approximate surface area is 119 Å². The molecular formula is C18H18N2. The summed E-state index contributed by atoms with van der Waals surface area (Å²) in [5, 5.41) is 5.85. The molecule has 2 aromatic carbocycles. The molecule has 0 saturated carbocycles. The molecule has 0 aliphatic rings. The Bertz CT molecular complexity index is 714. The minimum atomic E-state index is 0.892. The quantitative estimate of drug-likeness (QED) is 0.768. The fraction of sp³-hybridized carbons (Fsp3) is 0.167. The van der Waals surface area contributed by atoms with Crippen molar-refractivity contribution in [2.75, 3.05) is 6.54 Å². The van der Waals surface area contributed by atoms with Crippen LogP contribution in [0.5, 0.6) is 0 Å². The predicted molar refractivity (Wildman–Crippen MR) is 84.6 cm³/mol. The minimum absolute atomic E-state index is 0.892. The number of pyridine rings is 1. The minimum Gasteiger partial charge on any atom is -0.313 e. The van der Waals surface area contributed by atoms with Gasteiger partial charge in [-0.2, -0.15) is 0 Å². The van der Waals surface area contributed by atoms with E-state index < -0.39 is 0 Å². The predicted octanol–water partition coefficient (Wildman–Crippen LogP) is 4.01. The second kappa shape index (κ2) is 5.85. The first kappa shape index (κ1) is 12.8. The first-order valence-corrected chi connectivity index (χ1v) is 7.02. The summed E-state index contributed by atoms with van der Waals surface area (Å²) in [7, 11) is 0. The fourth-order valence-electron chi connectivity index (χ4n) is 2.55. The number of hydrogen-bond donors (Lipinski definition) is 1. The van der Waals surface area contributed by atoms with E-state index in [0.717, 1.165) is 13.1 Å². The van der Waals surface area contributed by atoms with Crippen molar-refractivity contribution >= 4 is 10.8 Å². The molecule has 20 heavy (non-hydrogen) atoms. The standard InChI is InChI=1S/C18H18N2/c1-2-19-12-15-6-3-4-8-16(15)17-9-5-7-14-10-11-20-13-18(14)17/h3-11,13,19H,2,12H2,1H3. The lowest BCUT2D eigenvalue weighted by Gasteiger charge is -2.12. The van der Waals surface area contributed by atoms with Gasteiger partial charge in [0, 0.05) is 24.3 Å². The Morgan fingerprint density at radius 2 is 1.80 bits per heavy atom. The summed E-state index contributed by atoms with van der Waals surface area (Å²) < 4.78 is 0. The van der Waals surface area contributed by atoms with Crippen LogP contribution in [-0.2, 0) is 6.54 Å². The Kier molecular flexibility index (Phi) is 3.75. The highest BCUT2D eigenvalue weighted by Gasteiger charge is 2.07. The zero-order chi connectivity index (χ0) is 13.8. The number of benzene rings is 2. The van der Waals surface area contributed by atoms with E-state index in [0.29, 0.717) is 0 Å². The number of rotatable bonds is 4. The molecule has 3 aromatic rings. The van der Waals surface area contributed by atoms with Crippen LogP contribution in [0.25, 0.3) is 21.9 Å². The molecule has 0 amide bonds. The molecular weight excluding hydrogens is 244 g/mol. The average molecular weight is 262 g/mol. The molecule has 0 spiro atoms. The summed E-state index contributed by atoms with van der Waals surface area (Å²) in [6.07, 6.45) is 3.80. The van der Waals surface area contributed by atoms with Crippen LogP contribution < -0.4 is 5.32 Å². The summed E-state index contributed by atoms with van der Waals surface area (Å²) in [5.74, 6) is 0. The molecule has 0 aliphatic carbocycles. The number of hydrogen-bond acceptors (Lipinski definition) is 2. The van der Waals surface area contributed by atoms with Crippen LogP contribution in [0.3, 0.4) is 0 Å². The fourth-order valence-corrected chi connectivity index (χ4v) is 2.55. The van der Waals surface area contributed by atoms with E-state index in [9.17, 15) is 0 Å². The second-order valence-electron chi connectivity index (χ2n) is 4.84. The molecule has 0 atom stereocenters. The number of aromatic nitrogens is 1. The van der Waals surface area contributed by atoms with Gasteiger partial charge in [0.15, 0.2) is 0 Å². The summed E-state index contributed by atoms with van der Waals surface area (Å²) >= 11 is 0. The van der Waals surface area contributed by atoms with Crippen molar-refractivity contribution in [3.63, 3.8) is 0 Å². The molecule has 0 fully saturated rings. The highest BCUT2D eigenvalue weighted by Crippen LogP contribution is 2.30. The highest BCUT2D eigenvalue weighted by molar-refractivity contribution is 5.96. The third-order valence-electron chi connectivity index (χ3n) is 3.56. The lowest BCUT2D eigenvalue weighted by Crippen LogP contribution is -2.12. The lowest BCUT2D eigenvalue weighted by molar-refractivity contribution is 0.728. The third-order valence-corrected chi connectivity index (χ3v) is 3.56. The molecule has 0 bridgehead atoms. The number of nitrogens with one attached hydrogen (secondary N) is 1. The van der Waals surface area contributed by atoms with Crippen molar-refractivity contribution in [1.29, 1.82) is 0 Å². The maximum atomic E-state index is 4.28. The van der Waals surface area contributed by atoms with Gasteiger partial charge < -0.3 is 5.32 Å². The van der Waals surface area contributed by atoms with Crippen molar-refractivity contribution < 1.29 is 0 Å². The molecule has 0 radical (unpaired) electrons. The van der Waals surface area contributed by atoms with Crippen LogP contribution in [-0.4, -0.2) is 11.5 Å². The van der Waals surface area contributed by atoms with Crippen molar-refractivity contribution in [1.82, 2.24) is 10.3 Å². The topological polar surface area (TPSA) is 24.9 Å². The van der Waals surface area contributed by atoms with Gasteiger partial charge in [0.2, 0.25) is 0 Å². The molecule has 1 heterocycles. The maximum absolute atomic E-state index is 4.28. The van der Waals surface area contributed by atoms with E-state index in [1.54, 1.807) is 0 Å². The Morgan fingerprint density at radius 1 is 0.950 bits per heavy atom. The highest BCUT2D eigenvalue weighted by atomic mass is 14.8. The van der Waals surface area contributed by atoms with Crippen LogP contribution in [0.1, 0.15) is 12.5 Å². The summed E-state index contributed by atoms with van der Waals surface area (Å²) in [6.45, 7) is 4.00. The van der Waals surface area contributed by atoms with Crippen molar-refractivity contribution in [3.8, 4) is 11.1 Å². The van der Waals surface area contributed by atoms with Gasteiger partial charge in [-0.05, 0) is 34.7 Å². The zero-order valence-electron chi connectivity index (χ0n) is 11.6. The van der Waals surface area contributed by atoms with Crippen molar-refractivity contribution in [2.24, 2.45) is 0 Å². The van der Waals surface area contributed by atoms with Crippen LogP contribution in [0.15, 0.2) is 60.9 Å². The van der Waals surface area contributed by atoms with Gasteiger partial charge in [-0.15, -0.1) is 0 Å². The lowest BCUT2D eigenvalue weighted by atomic mass is 9.95. The molecule has 0 unspecified atom stereocenters. The van der Waals surface area contributed by atoms with E-state index in [4.69, 9.17) is 0 Å². The third kappa shape index (κ3) is 2.43.